The van der Waals surface area contributed by atoms with Crippen LogP contribution in [0.25, 0.3) is 0 Å². The Morgan fingerprint density at radius 2 is 1.69 bits per heavy atom. The van der Waals surface area contributed by atoms with Crippen LogP contribution in [0.1, 0.15) is 19.8 Å². The summed E-state index contributed by atoms with van der Waals surface area (Å²) in [5, 5.41) is 0.239. The predicted molar refractivity (Wildman–Crippen MR) is 61.4 cm³/mol. The van der Waals surface area contributed by atoms with Crippen molar-refractivity contribution >= 4 is 34.8 Å². The van der Waals surface area contributed by atoms with Crippen LogP contribution in [0, 0.1) is 0 Å². The summed E-state index contributed by atoms with van der Waals surface area (Å²) < 4.78 is 9.05. The average molecular weight is 224 g/mol. The topological polar surface area (TPSA) is 70.5 Å². The molecule has 0 unspecified atom stereocenters. The molecule has 0 aromatic carbocycles. The van der Waals surface area contributed by atoms with Crippen LogP contribution in [-0.2, 0) is 9.47 Å². The molecule has 0 radical (unpaired) electrons. The highest BCUT2D eigenvalue weighted by atomic mass is 32.1. The summed E-state index contributed by atoms with van der Waals surface area (Å²) in [6.07, 6.45) is 2.14. The predicted octanol–water partition coefficient (Wildman–Crippen LogP) is 0.923. The van der Waals surface area contributed by atoms with Gasteiger partial charge in [0.05, 0.1) is 13.7 Å². The minimum atomic E-state index is 0.0880. The normalized spacial score (nSPS) is 7.85. The zero-order valence-electron chi connectivity index (χ0n) is 7.91. The van der Waals surface area contributed by atoms with E-state index in [4.69, 9.17) is 16.2 Å². The smallest absolute Gasteiger partial charge is 0.253 e. The van der Waals surface area contributed by atoms with Crippen molar-refractivity contribution in [2.24, 2.45) is 11.5 Å². The lowest BCUT2D eigenvalue weighted by atomic mass is 10.4. The monoisotopic (exact) mass is 224 g/mol. The summed E-state index contributed by atoms with van der Waals surface area (Å²) in [4.78, 5) is 0. The summed E-state index contributed by atoms with van der Waals surface area (Å²) in [7, 11) is 1.43. The fourth-order valence-electron chi connectivity index (χ4n) is 0.317. The van der Waals surface area contributed by atoms with Crippen LogP contribution in [0.5, 0.6) is 0 Å². The fourth-order valence-corrected chi connectivity index (χ4v) is 0.400. The first-order chi connectivity index (χ1) is 6.04. The number of hydrogen-bond donors (Lipinski definition) is 2. The van der Waals surface area contributed by atoms with Crippen LogP contribution in [0.3, 0.4) is 0 Å². The molecule has 0 aliphatic carbocycles. The van der Waals surface area contributed by atoms with Crippen LogP contribution in [0.2, 0.25) is 0 Å². The highest BCUT2D eigenvalue weighted by molar-refractivity contribution is 7.80. The van der Waals surface area contributed by atoms with E-state index in [-0.39, 0.29) is 10.3 Å². The van der Waals surface area contributed by atoms with E-state index < -0.39 is 0 Å². The molecule has 0 aliphatic rings. The van der Waals surface area contributed by atoms with Crippen LogP contribution in [-0.4, -0.2) is 24.1 Å². The SMILES string of the molecule is CCCCOC(N)=S.COC(N)=S. The Hall–Kier alpha value is -0.620. The summed E-state index contributed by atoms with van der Waals surface area (Å²) in [5.41, 5.74) is 9.84. The Balaban J connectivity index is 0. The third-order valence-electron chi connectivity index (χ3n) is 0.943. The van der Waals surface area contributed by atoms with Crippen LogP contribution < -0.4 is 11.5 Å². The Kier molecular flexibility index (Phi) is 13.0. The van der Waals surface area contributed by atoms with E-state index >= 15 is 0 Å². The summed E-state index contributed by atoms with van der Waals surface area (Å²) in [6, 6.07) is 0. The second-order valence-electron chi connectivity index (χ2n) is 2.04. The molecule has 0 atom stereocenters. The largest absolute Gasteiger partial charge is 0.475 e. The van der Waals surface area contributed by atoms with Crippen molar-refractivity contribution in [3.8, 4) is 0 Å². The van der Waals surface area contributed by atoms with Crippen molar-refractivity contribution < 1.29 is 9.47 Å². The number of rotatable bonds is 3. The second kappa shape index (κ2) is 11.4. The summed E-state index contributed by atoms with van der Waals surface area (Å²) >= 11 is 8.72. The van der Waals surface area contributed by atoms with Crippen molar-refractivity contribution in [1.82, 2.24) is 0 Å². The van der Waals surface area contributed by atoms with E-state index in [0.717, 1.165) is 12.8 Å². The van der Waals surface area contributed by atoms with Gasteiger partial charge < -0.3 is 20.9 Å². The molecule has 6 heteroatoms. The molecule has 0 rings (SSSR count). The third kappa shape index (κ3) is 24.6. The maximum atomic E-state index is 5.04. The molecular weight excluding hydrogens is 208 g/mol. The molecule has 0 amide bonds. The van der Waals surface area contributed by atoms with Crippen molar-refractivity contribution in [1.29, 1.82) is 0 Å². The maximum absolute atomic E-state index is 5.04. The average Bonchev–Trinajstić information content (AvgIpc) is 2.05. The third-order valence-corrected chi connectivity index (χ3v) is 1.23. The van der Waals surface area contributed by atoms with Gasteiger partial charge in [0.1, 0.15) is 0 Å². The lowest BCUT2D eigenvalue weighted by Crippen LogP contribution is -2.12. The highest BCUT2D eigenvalue weighted by Crippen LogP contribution is 1.86. The van der Waals surface area contributed by atoms with Gasteiger partial charge in [0.25, 0.3) is 10.3 Å². The summed E-state index contributed by atoms with van der Waals surface area (Å²) in [6.45, 7) is 2.74. The molecule has 0 spiro atoms. The van der Waals surface area contributed by atoms with Crippen molar-refractivity contribution in [2.45, 2.75) is 19.8 Å². The van der Waals surface area contributed by atoms with Gasteiger partial charge in [-0.05, 0) is 30.9 Å². The van der Waals surface area contributed by atoms with E-state index in [2.05, 4.69) is 36.1 Å². The van der Waals surface area contributed by atoms with Gasteiger partial charge in [-0.25, -0.2) is 0 Å². The van der Waals surface area contributed by atoms with Crippen molar-refractivity contribution in [3.63, 3.8) is 0 Å². The minimum Gasteiger partial charge on any atom is -0.475 e. The van der Waals surface area contributed by atoms with Gasteiger partial charge in [-0.3, -0.25) is 0 Å². The zero-order chi connectivity index (χ0) is 10.7. The van der Waals surface area contributed by atoms with Crippen LogP contribution in [0.15, 0.2) is 0 Å². The van der Waals surface area contributed by atoms with Gasteiger partial charge in [-0.2, -0.15) is 0 Å². The molecule has 0 aliphatic heterocycles. The fraction of sp³-hybridized carbons (Fsp3) is 0.714. The number of ether oxygens (including phenoxy) is 2. The Bertz CT molecular complexity index is 153. The van der Waals surface area contributed by atoms with E-state index in [1.165, 1.54) is 7.11 Å². The molecule has 0 saturated heterocycles. The molecule has 0 fully saturated rings. The Morgan fingerprint density at radius 3 is 1.92 bits per heavy atom. The maximum Gasteiger partial charge on any atom is 0.253 e. The molecule has 13 heavy (non-hydrogen) atoms. The number of methoxy groups -OCH3 is 1. The standard InChI is InChI=1S/C5H11NOS.C2H5NOS/c1-2-3-4-7-5(6)8;1-4-2(3)5/h2-4H2,1H3,(H2,6,8);1H3,(H2,3,5). The van der Waals surface area contributed by atoms with Crippen LogP contribution in [0.4, 0.5) is 0 Å². The molecule has 4 N–H and O–H groups in total. The molecule has 4 nitrogen and oxygen atoms in total. The lowest BCUT2D eigenvalue weighted by Gasteiger charge is -1.98. The molecular formula is C7H16N2O2S2. The number of nitrogens with two attached hydrogens (primary N) is 2. The van der Waals surface area contributed by atoms with Gasteiger partial charge in [-0.1, -0.05) is 13.3 Å². The van der Waals surface area contributed by atoms with E-state index in [0.29, 0.717) is 6.61 Å². The Labute approximate surface area is 89.6 Å². The minimum absolute atomic E-state index is 0.0880. The zero-order valence-corrected chi connectivity index (χ0v) is 9.54. The number of unbranched alkanes of at least 4 members (excludes halogenated alkanes) is 1. The molecule has 78 valence electrons. The molecule has 0 aromatic heterocycles. The quantitative estimate of drug-likeness (QED) is 0.549. The molecule has 0 aromatic rings. The van der Waals surface area contributed by atoms with Crippen molar-refractivity contribution in [2.75, 3.05) is 13.7 Å². The van der Waals surface area contributed by atoms with E-state index in [1.807, 2.05) is 0 Å². The Morgan fingerprint density at radius 1 is 1.23 bits per heavy atom. The molecule has 0 saturated carbocycles. The van der Waals surface area contributed by atoms with Gasteiger partial charge in [0, 0.05) is 0 Å². The van der Waals surface area contributed by atoms with Gasteiger partial charge in [0.2, 0.25) is 0 Å². The first kappa shape index (κ1) is 14.9. The van der Waals surface area contributed by atoms with E-state index in [1.54, 1.807) is 0 Å². The van der Waals surface area contributed by atoms with Crippen LogP contribution >= 0.6 is 24.4 Å². The first-order valence-corrected chi connectivity index (χ1v) is 4.61. The highest BCUT2D eigenvalue weighted by Gasteiger charge is 1.85. The van der Waals surface area contributed by atoms with Gasteiger partial charge in [0.15, 0.2) is 0 Å². The lowest BCUT2D eigenvalue weighted by molar-refractivity contribution is 0.300. The molecule has 0 heterocycles. The van der Waals surface area contributed by atoms with Gasteiger partial charge >= 0.3 is 0 Å². The second-order valence-corrected chi connectivity index (χ2v) is 2.85. The summed E-state index contributed by atoms with van der Waals surface area (Å²) in [5.74, 6) is 0. The van der Waals surface area contributed by atoms with Gasteiger partial charge in [-0.15, -0.1) is 0 Å². The first-order valence-electron chi connectivity index (χ1n) is 3.80. The van der Waals surface area contributed by atoms with Crippen molar-refractivity contribution in [3.05, 3.63) is 0 Å². The number of hydrogen-bond acceptors (Lipinski definition) is 4. The number of thiocarbonyl (C=S) groups is 2. The molecule has 0 bridgehead atoms. The van der Waals surface area contributed by atoms with E-state index in [9.17, 15) is 0 Å².